The summed E-state index contributed by atoms with van der Waals surface area (Å²) in [5.41, 5.74) is 8.92. The zero-order chi connectivity index (χ0) is 28.2. The average Bonchev–Trinajstić information content (AvgIpc) is 3.59. The summed E-state index contributed by atoms with van der Waals surface area (Å²) in [5, 5.41) is 24.6. The van der Waals surface area contributed by atoms with E-state index in [0.29, 0.717) is 11.1 Å². The number of nitriles is 2. The first kappa shape index (κ1) is 24.0. The predicted octanol–water partition coefficient (Wildman–Crippen LogP) is 7.69. The number of nitrogens with zero attached hydrogens (tertiary/aromatic N) is 3. The van der Waals surface area contributed by atoms with Gasteiger partial charge in [0.1, 0.15) is 11.0 Å². The number of hydrogen-bond donors (Lipinski definition) is 0. The number of aromatic nitrogens is 1. The van der Waals surface area contributed by atoms with Crippen LogP contribution in [0.4, 0.5) is 0 Å². The largest absolute Gasteiger partial charge is 0.456 e. The maximum absolute atomic E-state index is 10.0. The first-order valence-electron chi connectivity index (χ1n) is 14.0. The molecule has 0 amide bonds. The summed E-state index contributed by atoms with van der Waals surface area (Å²) in [7, 11) is 0. The highest BCUT2D eigenvalue weighted by atomic mass is 16.3. The maximum atomic E-state index is 10.0. The van der Waals surface area contributed by atoms with Crippen LogP contribution in [0.1, 0.15) is 29.0 Å². The second-order valence-corrected chi connectivity index (χ2v) is 10.8. The van der Waals surface area contributed by atoms with Crippen LogP contribution >= 0.6 is 0 Å². The first-order valence-corrected chi connectivity index (χ1v) is 14.0. The second kappa shape index (κ2) is 9.37. The highest BCUT2D eigenvalue weighted by molar-refractivity contribution is 6.09. The highest BCUT2D eigenvalue weighted by Crippen LogP contribution is 2.35. The molecule has 0 N–H and O–H groups in total. The third-order valence-corrected chi connectivity index (χ3v) is 8.32. The van der Waals surface area contributed by atoms with Crippen molar-refractivity contribution in [1.82, 2.24) is 4.57 Å². The minimum absolute atomic E-state index is 0.0986. The summed E-state index contributed by atoms with van der Waals surface area (Å²) >= 11 is 0. The van der Waals surface area contributed by atoms with Crippen LogP contribution in [0, 0.1) is 22.7 Å². The van der Waals surface area contributed by atoms with E-state index in [9.17, 15) is 10.5 Å². The molecule has 0 bridgehead atoms. The molecule has 0 saturated heterocycles. The van der Waals surface area contributed by atoms with Crippen molar-refractivity contribution in [3.8, 4) is 29.0 Å². The zero-order valence-corrected chi connectivity index (χ0v) is 22.6. The van der Waals surface area contributed by atoms with Crippen LogP contribution in [-0.4, -0.2) is 4.57 Å². The van der Waals surface area contributed by atoms with E-state index in [2.05, 4.69) is 83.5 Å². The van der Waals surface area contributed by atoms with Crippen molar-refractivity contribution >= 4 is 44.9 Å². The minimum atomic E-state index is 0.0986. The number of benzene rings is 5. The monoisotopic (exact) mass is 537 g/mol. The van der Waals surface area contributed by atoms with Crippen LogP contribution in [0.5, 0.6) is 0 Å². The molecule has 8 rings (SSSR count). The van der Waals surface area contributed by atoms with Gasteiger partial charge in [0.05, 0.1) is 34.3 Å². The van der Waals surface area contributed by atoms with E-state index in [0.717, 1.165) is 61.4 Å². The number of para-hydroxylation sites is 3. The quantitative estimate of drug-likeness (QED) is 0.232. The van der Waals surface area contributed by atoms with Gasteiger partial charge >= 0.3 is 0 Å². The van der Waals surface area contributed by atoms with Crippen molar-refractivity contribution in [2.75, 3.05) is 0 Å². The molecule has 0 saturated carbocycles. The van der Waals surface area contributed by atoms with E-state index in [1.807, 2.05) is 54.6 Å². The van der Waals surface area contributed by atoms with Crippen LogP contribution < -0.4 is 10.6 Å². The normalized spacial score (nSPS) is 14.2. The molecule has 0 spiro atoms. The fraction of sp³-hybridized carbons (Fsp3) is 0.0526. The molecule has 0 fully saturated rings. The molecule has 42 heavy (non-hydrogen) atoms. The molecule has 196 valence electrons. The molecule has 0 aliphatic heterocycles. The lowest BCUT2D eigenvalue weighted by molar-refractivity contribution is 0.570. The van der Waals surface area contributed by atoms with Gasteiger partial charge in [-0.2, -0.15) is 10.5 Å². The van der Waals surface area contributed by atoms with Crippen molar-refractivity contribution in [1.29, 1.82) is 10.5 Å². The summed E-state index contributed by atoms with van der Waals surface area (Å²) in [4.78, 5) is 0. The third kappa shape index (κ3) is 3.74. The Kier molecular flexibility index (Phi) is 5.36. The summed E-state index contributed by atoms with van der Waals surface area (Å²) in [6, 6.07) is 41.6. The molecule has 2 heterocycles. The van der Waals surface area contributed by atoms with E-state index in [1.54, 1.807) is 0 Å². The summed E-state index contributed by atoms with van der Waals surface area (Å²) in [6.45, 7) is 0. The van der Waals surface area contributed by atoms with Gasteiger partial charge < -0.3 is 8.98 Å². The Hall–Kier alpha value is -5.84. The molecule has 1 aliphatic carbocycles. The lowest BCUT2D eigenvalue weighted by Gasteiger charge is -2.16. The smallest absolute Gasteiger partial charge is 0.135 e. The van der Waals surface area contributed by atoms with Crippen molar-refractivity contribution in [3.05, 3.63) is 137 Å². The molecule has 7 aromatic rings. The minimum Gasteiger partial charge on any atom is -0.456 e. The fourth-order valence-electron chi connectivity index (χ4n) is 6.41. The lowest BCUT2D eigenvalue weighted by atomic mass is 9.88. The first-order chi connectivity index (χ1) is 20.7. The van der Waals surface area contributed by atoms with Crippen LogP contribution in [-0.2, 0) is 0 Å². The Morgan fingerprint density at radius 2 is 1.29 bits per heavy atom. The SMILES string of the molecule is N#Cc1cc(-c2cc(C#N)cc(-n3c4ccccc4c4ccccc43)c2)cc(C2C=c3c(oc4ccccc34)=CC2)c1. The fourth-order valence-corrected chi connectivity index (χ4v) is 6.41. The topological polar surface area (TPSA) is 65.7 Å². The van der Waals surface area contributed by atoms with Crippen molar-refractivity contribution in [2.24, 2.45) is 0 Å². The zero-order valence-electron chi connectivity index (χ0n) is 22.6. The summed E-state index contributed by atoms with van der Waals surface area (Å²) in [5.74, 6) is 0.0986. The van der Waals surface area contributed by atoms with Gasteiger partial charge in [-0.25, -0.2) is 0 Å². The Balaban J connectivity index is 1.31. The molecule has 0 radical (unpaired) electrons. The lowest BCUT2D eigenvalue weighted by Crippen LogP contribution is -2.25. The number of furan rings is 1. The van der Waals surface area contributed by atoms with Gasteiger partial charge in [0, 0.05) is 33.0 Å². The predicted molar refractivity (Wildman–Crippen MR) is 167 cm³/mol. The van der Waals surface area contributed by atoms with Crippen molar-refractivity contribution in [2.45, 2.75) is 12.3 Å². The van der Waals surface area contributed by atoms with Crippen molar-refractivity contribution < 1.29 is 4.42 Å². The molecule has 5 aromatic carbocycles. The molecule has 1 aliphatic rings. The Bertz CT molecular complexity index is 2370. The average molecular weight is 538 g/mol. The van der Waals surface area contributed by atoms with Gasteiger partial charge in [-0.05, 0) is 77.7 Å². The van der Waals surface area contributed by atoms with Crippen molar-refractivity contribution in [3.63, 3.8) is 0 Å². The van der Waals surface area contributed by atoms with Crippen LogP contribution in [0.25, 0.3) is 61.7 Å². The van der Waals surface area contributed by atoms with Crippen LogP contribution in [0.2, 0.25) is 0 Å². The molecule has 1 unspecified atom stereocenters. The third-order valence-electron chi connectivity index (χ3n) is 8.32. The van der Waals surface area contributed by atoms with E-state index in [1.165, 1.54) is 10.8 Å². The van der Waals surface area contributed by atoms with E-state index in [-0.39, 0.29) is 5.92 Å². The van der Waals surface area contributed by atoms with Gasteiger partial charge in [-0.1, -0.05) is 66.7 Å². The summed E-state index contributed by atoms with van der Waals surface area (Å²) < 4.78 is 8.30. The molecule has 4 heteroatoms. The number of hydrogen-bond acceptors (Lipinski definition) is 3. The molecule has 2 aromatic heterocycles. The number of fused-ring (bicyclic) bond motifs is 6. The van der Waals surface area contributed by atoms with Crippen LogP contribution in [0.3, 0.4) is 0 Å². The molecule has 1 atom stereocenters. The van der Waals surface area contributed by atoms with Gasteiger partial charge in [-0.15, -0.1) is 0 Å². The van der Waals surface area contributed by atoms with Gasteiger partial charge in [-0.3, -0.25) is 0 Å². The molecule has 4 nitrogen and oxygen atoms in total. The Morgan fingerprint density at radius 1 is 0.667 bits per heavy atom. The van der Waals surface area contributed by atoms with Gasteiger partial charge in [0.2, 0.25) is 0 Å². The molecular formula is C38H23N3O. The highest BCUT2D eigenvalue weighted by Gasteiger charge is 2.18. The van der Waals surface area contributed by atoms with E-state index < -0.39 is 0 Å². The van der Waals surface area contributed by atoms with Gasteiger partial charge in [0.25, 0.3) is 0 Å². The number of rotatable bonds is 3. The summed E-state index contributed by atoms with van der Waals surface area (Å²) in [6.07, 6.45) is 5.19. The standard InChI is InChI=1S/C38H23N3O/c39-22-24-15-27(26-13-14-38-34(21-26)33-9-3-6-12-37(33)42-38)19-28(16-24)29-17-25(23-40)18-30(20-29)41-35-10-4-1-7-31(35)32-8-2-5-11-36(32)41/h1-12,14-21,26H,13H2. The Labute approximate surface area is 241 Å². The second-order valence-electron chi connectivity index (χ2n) is 10.8. The van der Waals surface area contributed by atoms with Crippen LogP contribution in [0.15, 0.2) is 114 Å². The van der Waals surface area contributed by atoms with E-state index in [4.69, 9.17) is 4.42 Å². The van der Waals surface area contributed by atoms with E-state index >= 15 is 0 Å². The Morgan fingerprint density at radius 3 is 2.00 bits per heavy atom. The molecular weight excluding hydrogens is 514 g/mol. The van der Waals surface area contributed by atoms with Gasteiger partial charge in [0.15, 0.2) is 0 Å². The maximum Gasteiger partial charge on any atom is 0.135 e.